The van der Waals surface area contributed by atoms with E-state index in [0.717, 1.165) is 12.8 Å². The zero-order valence-corrected chi connectivity index (χ0v) is 30.7. The van der Waals surface area contributed by atoms with Gasteiger partial charge in [-0.15, -0.1) is 0 Å². The molecular weight excluding hydrogens is 687 g/mol. The van der Waals surface area contributed by atoms with Crippen molar-refractivity contribution < 1.29 is 41.6 Å². The number of rotatable bonds is 8. The number of carbonyl (C=O) groups is 2. The van der Waals surface area contributed by atoms with Crippen molar-refractivity contribution in [1.29, 1.82) is 0 Å². The van der Waals surface area contributed by atoms with Crippen LogP contribution in [0.3, 0.4) is 0 Å². The predicted molar refractivity (Wildman–Crippen MR) is 185 cm³/mol. The van der Waals surface area contributed by atoms with Gasteiger partial charge in [0.2, 0.25) is 20.0 Å². The number of benzene rings is 2. The number of sulfonamides is 2. The second kappa shape index (κ2) is 14.4. The van der Waals surface area contributed by atoms with Crippen LogP contribution in [0.2, 0.25) is 0 Å². The summed E-state index contributed by atoms with van der Waals surface area (Å²) in [6.45, 7) is 12.5. The molecule has 5 rings (SSSR count). The van der Waals surface area contributed by atoms with Crippen LogP contribution in [-0.2, 0) is 29.7 Å². The van der Waals surface area contributed by atoms with Crippen molar-refractivity contribution in [2.45, 2.75) is 70.2 Å². The van der Waals surface area contributed by atoms with Gasteiger partial charge in [-0.2, -0.15) is 8.61 Å². The number of amides is 1. The van der Waals surface area contributed by atoms with E-state index in [1.165, 1.54) is 45.0 Å². The first-order chi connectivity index (χ1) is 23.4. The molecule has 1 aliphatic carbocycles. The second-order valence-electron chi connectivity index (χ2n) is 14.4. The van der Waals surface area contributed by atoms with Gasteiger partial charge < -0.3 is 15.6 Å². The highest BCUT2D eigenvalue weighted by atomic mass is 32.2. The van der Waals surface area contributed by atoms with Gasteiger partial charge in [0.1, 0.15) is 17.5 Å². The lowest BCUT2D eigenvalue weighted by Crippen LogP contribution is -2.44. The molecule has 0 aromatic heterocycles. The van der Waals surface area contributed by atoms with Crippen LogP contribution in [0.1, 0.15) is 76.6 Å². The molecule has 3 aliphatic rings. The largest absolute Gasteiger partial charge is 0.480 e. The maximum absolute atomic E-state index is 14.0. The minimum atomic E-state index is -4.02. The zero-order valence-electron chi connectivity index (χ0n) is 29.0. The van der Waals surface area contributed by atoms with E-state index in [1.54, 1.807) is 13.8 Å². The smallest absolute Gasteiger partial charge is 0.434 e. The SMILES string of the molecule is CC(C)C(NC(=O)ON=C1c2cc(S(=O)(=O)N3C[C@H](C)C[C@H](C)C3)ccc2C(=NO)c2ccc(S(=O)(=O)N3C[C@H](C)C[C@H](C)C3)cc21)C(=O)O. The Kier molecular flexibility index (Phi) is 10.8. The number of nitrogens with one attached hydrogen (secondary N) is 1. The maximum Gasteiger partial charge on any atom is 0.434 e. The first kappa shape index (κ1) is 37.4. The third kappa shape index (κ3) is 7.43. The number of aliphatic carboxylic acids is 1. The quantitative estimate of drug-likeness (QED) is 0.173. The van der Waals surface area contributed by atoms with E-state index in [-0.39, 0.29) is 67.1 Å². The van der Waals surface area contributed by atoms with Gasteiger partial charge >= 0.3 is 12.1 Å². The summed E-state index contributed by atoms with van der Waals surface area (Å²) in [7, 11) is -8.04. The monoisotopic (exact) mass is 731 g/mol. The molecule has 2 saturated heterocycles. The molecule has 0 spiro atoms. The van der Waals surface area contributed by atoms with Crippen LogP contribution in [0.5, 0.6) is 0 Å². The summed E-state index contributed by atoms with van der Waals surface area (Å²) in [4.78, 5) is 29.6. The number of oxime groups is 2. The van der Waals surface area contributed by atoms with Crippen molar-refractivity contribution in [3.05, 3.63) is 58.7 Å². The third-order valence-electron chi connectivity index (χ3n) is 9.47. The van der Waals surface area contributed by atoms with Crippen molar-refractivity contribution in [2.24, 2.45) is 39.9 Å². The third-order valence-corrected chi connectivity index (χ3v) is 13.1. The van der Waals surface area contributed by atoms with E-state index in [2.05, 4.69) is 15.6 Å². The van der Waals surface area contributed by atoms with Crippen LogP contribution in [0.4, 0.5) is 4.79 Å². The normalized spacial score (nSPS) is 23.8. The van der Waals surface area contributed by atoms with Crippen molar-refractivity contribution in [1.82, 2.24) is 13.9 Å². The van der Waals surface area contributed by atoms with Crippen LogP contribution in [0.25, 0.3) is 0 Å². The van der Waals surface area contributed by atoms with E-state index in [4.69, 9.17) is 4.84 Å². The Labute approximate surface area is 293 Å². The Bertz CT molecular complexity index is 1810. The Balaban J connectivity index is 1.65. The zero-order chi connectivity index (χ0) is 36.7. The van der Waals surface area contributed by atoms with E-state index >= 15 is 0 Å². The highest BCUT2D eigenvalue weighted by Crippen LogP contribution is 2.35. The molecule has 1 unspecified atom stereocenters. The molecule has 272 valence electrons. The van der Waals surface area contributed by atoms with Crippen molar-refractivity contribution in [2.75, 3.05) is 26.2 Å². The number of hydrogen-bond acceptors (Lipinski definition) is 10. The van der Waals surface area contributed by atoms with Gasteiger partial charge in [0.25, 0.3) is 0 Å². The molecular formula is C34H45N5O9S2. The van der Waals surface area contributed by atoms with Crippen LogP contribution in [-0.4, -0.2) is 91.5 Å². The van der Waals surface area contributed by atoms with Crippen LogP contribution in [0, 0.1) is 29.6 Å². The fourth-order valence-electron chi connectivity index (χ4n) is 7.32. The lowest BCUT2D eigenvalue weighted by molar-refractivity contribution is -0.140. The lowest BCUT2D eigenvalue weighted by Gasteiger charge is -2.34. The standard InChI is InChI=1S/C34H45N5O9S2/c1-19(2)30(33(40)41)35-34(42)48-37-32-28-13-24(49(44,45)38-15-20(3)11-21(4)16-38)7-9-26(28)31(36-43)27-10-8-25(14-29(27)32)50(46,47)39-17-22(5)12-23(6)18-39/h7-10,13-14,19-23,30,43H,11-12,15-18H2,1-6H3,(H,35,42)(H,40,41)/t20-,21+,22-,23+,30?. The van der Waals surface area contributed by atoms with Crippen molar-refractivity contribution in [3.8, 4) is 0 Å². The van der Waals surface area contributed by atoms with Gasteiger partial charge in [0.15, 0.2) is 0 Å². The summed E-state index contributed by atoms with van der Waals surface area (Å²) in [5.74, 6) is -1.21. The molecule has 2 fully saturated rings. The molecule has 2 aliphatic heterocycles. The molecule has 14 nitrogen and oxygen atoms in total. The van der Waals surface area contributed by atoms with Gasteiger partial charge in [0, 0.05) is 48.4 Å². The molecule has 16 heteroatoms. The maximum atomic E-state index is 14.0. The number of nitrogens with zero attached hydrogens (tertiary/aromatic N) is 4. The summed E-state index contributed by atoms with van der Waals surface area (Å²) in [5.41, 5.74) is 0.627. The van der Waals surface area contributed by atoms with Crippen molar-refractivity contribution >= 4 is 43.5 Å². The molecule has 50 heavy (non-hydrogen) atoms. The average molecular weight is 732 g/mol. The Hall–Kier alpha value is -3.86. The number of carbonyl (C=O) groups excluding carboxylic acids is 1. The minimum absolute atomic E-state index is 0.0254. The van der Waals surface area contributed by atoms with Crippen LogP contribution < -0.4 is 5.32 Å². The Morgan fingerprint density at radius 3 is 1.54 bits per heavy atom. The van der Waals surface area contributed by atoms with Crippen LogP contribution in [0.15, 0.2) is 56.5 Å². The summed E-state index contributed by atoms with van der Waals surface area (Å²) < 4.78 is 58.7. The van der Waals surface area contributed by atoms with E-state index in [1.807, 2.05) is 27.7 Å². The Morgan fingerprint density at radius 2 is 1.18 bits per heavy atom. The second-order valence-corrected chi connectivity index (χ2v) is 18.3. The van der Waals surface area contributed by atoms with Gasteiger partial charge in [0.05, 0.1) is 9.79 Å². The topological polar surface area (TPSA) is 195 Å². The number of carboxylic acid groups (broad SMARTS) is 1. The fraction of sp³-hybridized carbons (Fsp3) is 0.529. The highest BCUT2D eigenvalue weighted by Gasteiger charge is 2.37. The van der Waals surface area contributed by atoms with Gasteiger partial charge in [-0.25, -0.2) is 26.4 Å². The van der Waals surface area contributed by atoms with Crippen LogP contribution >= 0.6 is 0 Å². The molecule has 5 atom stereocenters. The molecule has 2 aromatic rings. The lowest BCUT2D eigenvalue weighted by atomic mass is 9.83. The molecule has 3 N–H and O–H groups in total. The molecule has 2 heterocycles. The van der Waals surface area contributed by atoms with Crippen molar-refractivity contribution in [3.63, 3.8) is 0 Å². The minimum Gasteiger partial charge on any atom is -0.480 e. The first-order valence-corrected chi connectivity index (χ1v) is 19.6. The molecule has 0 radical (unpaired) electrons. The van der Waals surface area contributed by atoms with E-state index in [9.17, 15) is 36.7 Å². The number of fused-ring (bicyclic) bond motifs is 2. The highest BCUT2D eigenvalue weighted by molar-refractivity contribution is 7.89. The van der Waals surface area contributed by atoms with Gasteiger partial charge in [-0.1, -0.05) is 64.0 Å². The summed E-state index contributed by atoms with van der Waals surface area (Å²) >= 11 is 0. The number of hydrogen-bond donors (Lipinski definition) is 3. The van der Waals surface area contributed by atoms with E-state index < -0.39 is 44.1 Å². The molecule has 0 saturated carbocycles. The van der Waals surface area contributed by atoms with Gasteiger partial charge in [-0.05, 0) is 66.7 Å². The van der Waals surface area contributed by atoms with E-state index in [0.29, 0.717) is 26.2 Å². The predicted octanol–water partition coefficient (Wildman–Crippen LogP) is 4.15. The summed E-state index contributed by atoms with van der Waals surface area (Å²) in [5, 5.41) is 29.6. The fourth-order valence-corrected chi connectivity index (χ4v) is 10.7. The molecule has 0 bridgehead atoms. The Morgan fingerprint density at radius 1 is 0.760 bits per heavy atom. The first-order valence-electron chi connectivity index (χ1n) is 16.7. The average Bonchev–Trinajstić information content (AvgIpc) is 3.03. The molecule has 2 aromatic carbocycles. The summed E-state index contributed by atoms with van der Waals surface area (Å²) in [6, 6.07) is 7.12. The van der Waals surface area contributed by atoms with Gasteiger partial charge in [-0.3, -0.25) is 4.84 Å². The number of piperidine rings is 2. The molecule has 1 amide bonds. The summed E-state index contributed by atoms with van der Waals surface area (Å²) in [6.07, 6.45) is 0.586. The number of carboxylic acids is 1.